The van der Waals surface area contributed by atoms with Gasteiger partial charge in [-0.2, -0.15) is 0 Å². The Balaban J connectivity index is 2.26. The lowest BCUT2D eigenvalue weighted by Crippen LogP contribution is -2.30. The van der Waals surface area contributed by atoms with Crippen LogP contribution in [-0.4, -0.2) is 10.8 Å². The van der Waals surface area contributed by atoms with Crippen molar-refractivity contribution in [3.8, 4) is 0 Å². The maximum absolute atomic E-state index is 12.5. The Morgan fingerprint density at radius 2 is 1.70 bits per heavy atom. The van der Waals surface area contributed by atoms with Gasteiger partial charge in [-0.25, -0.2) is 0 Å². The molecule has 2 rings (SSSR count). The second-order valence-corrected chi connectivity index (χ2v) is 5.84. The molecule has 0 aliphatic rings. The van der Waals surface area contributed by atoms with E-state index in [4.69, 9.17) is 0 Å². The van der Waals surface area contributed by atoms with Crippen molar-refractivity contribution in [2.75, 3.05) is 0 Å². The summed E-state index contributed by atoms with van der Waals surface area (Å²) in [5.41, 5.74) is 0.900. The standard InChI is InChI=1S/C18H20N2O3/c1-13(2)12-16(14-8-4-3-5-9-14)19-18(21)15-10-6-7-11-17(15)20(22)23/h3-11,13,16H,12H2,1-2H3,(H,19,21)/t16-/m1/s1. The van der Waals surface area contributed by atoms with Crippen LogP contribution < -0.4 is 5.32 Å². The number of benzene rings is 2. The van der Waals surface area contributed by atoms with Crippen LogP contribution in [0.2, 0.25) is 0 Å². The van der Waals surface area contributed by atoms with Crippen molar-refractivity contribution in [1.29, 1.82) is 0 Å². The van der Waals surface area contributed by atoms with Gasteiger partial charge in [-0.1, -0.05) is 56.3 Å². The Hall–Kier alpha value is -2.69. The molecule has 1 N–H and O–H groups in total. The van der Waals surface area contributed by atoms with Gasteiger partial charge < -0.3 is 5.32 Å². The quantitative estimate of drug-likeness (QED) is 0.644. The Morgan fingerprint density at radius 3 is 2.30 bits per heavy atom. The van der Waals surface area contributed by atoms with Crippen LogP contribution in [0, 0.1) is 16.0 Å². The van der Waals surface area contributed by atoms with Gasteiger partial charge in [0.05, 0.1) is 11.0 Å². The van der Waals surface area contributed by atoms with E-state index >= 15 is 0 Å². The van der Waals surface area contributed by atoms with Gasteiger partial charge in [-0.15, -0.1) is 0 Å². The van der Waals surface area contributed by atoms with E-state index in [1.165, 1.54) is 12.1 Å². The topological polar surface area (TPSA) is 72.2 Å². The number of rotatable bonds is 6. The van der Waals surface area contributed by atoms with E-state index in [2.05, 4.69) is 19.2 Å². The fraction of sp³-hybridized carbons (Fsp3) is 0.278. The van der Waals surface area contributed by atoms with Crippen molar-refractivity contribution in [2.45, 2.75) is 26.3 Å². The first-order valence-corrected chi connectivity index (χ1v) is 7.58. The van der Waals surface area contributed by atoms with Crippen LogP contribution in [0.1, 0.15) is 42.2 Å². The highest BCUT2D eigenvalue weighted by atomic mass is 16.6. The van der Waals surface area contributed by atoms with Gasteiger partial charge in [0.25, 0.3) is 11.6 Å². The van der Waals surface area contributed by atoms with Gasteiger partial charge >= 0.3 is 0 Å². The Labute approximate surface area is 135 Å². The maximum atomic E-state index is 12.5. The van der Waals surface area contributed by atoms with E-state index < -0.39 is 10.8 Å². The van der Waals surface area contributed by atoms with E-state index in [-0.39, 0.29) is 17.3 Å². The van der Waals surface area contributed by atoms with Crippen molar-refractivity contribution < 1.29 is 9.72 Å². The summed E-state index contributed by atoms with van der Waals surface area (Å²) in [6.45, 7) is 4.15. The molecule has 1 amide bonds. The highest BCUT2D eigenvalue weighted by molar-refractivity contribution is 5.98. The summed E-state index contributed by atoms with van der Waals surface area (Å²) in [6.07, 6.45) is 0.760. The summed E-state index contributed by atoms with van der Waals surface area (Å²) in [5, 5.41) is 14.0. The number of para-hydroxylation sites is 1. The van der Waals surface area contributed by atoms with Crippen molar-refractivity contribution in [3.63, 3.8) is 0 Å². The molecule has 0 saturated heterocycles. The Morgan fingerprint density at radius 1 is 1.09 bits per heavy atom. The Kier molecular flexibility index (Phi) is 5.46. The number of carbonyl (C=O) groups excluding carboxylic acids is 1. The molecule has 2 aromatic rings. The number of nitro benzene ring substituents is 1. The molecule has 0 bridgehead atoms. The molecule has 0 aromatic heterocycles. The SMILES string of the molecule is CC(C)C[C@@H](NC(=O)c1ccccc1[N+](=O)[O-])c1ccccc1. The number of hydrogen-bond donors (Lipinski definition) is 1. The molecule has 0 spiro atoms. The van der Waals surface area contributed by atoms with Crippen molar-refractivity contribution >= 4 is 11.6 Å². The lowest BCUT2D eigenvalue weighted by Gasteiger charge is -2.21. The van der Waals surface area contributed by atoms with Crippen LogP contribution in [0.5, 0.6) is 0 Å². The predicted molar refractivity (Wildman–Crippen MR) is 89.2 cm³/mol. The summed E-state index contributed by atoms with van der Waals surface area (Å²) in [6, 6.07) is 15.5. The second kappa shape index (κ2) is 7.54. The third-order valence-electron chi connectivity index (χ3n) is 3.56. The van der Waals surface area contributed by atoms with Crippen LogP contribution in [-0.2, 0) is 0 Å². The largest absolute Gasteiger partial charge is 0.345 e. The van der Waals surface area contributed by atoms with E-state index in [0.717, 1.165) is 12.0 Å². The zero-order chi connectivity index (χ0) is 16.8. The van der Waals surface area contributed by atoms with Gasteiger partial charge in [0, 0.05) is 6.07 Å². The minimum Gasteiger partial charge on any atom is -0.345 e. The molecule has 0 fully saturated rings. The molecule has 0 radical (unpaired) electrons. The second-order valence-electron chi connectivity index (χ2n) is 5.84. The molecule has 23 heavy (non-hydrogen) atoms. The van der Waals surface area contributed by atoms with Gasteiger partial charge in [0.15, 0.2) is 0 Å². The minimum atomic E-state index is -0.533. The molecule has 0 aliphatic heterocycles. The van der Waals surface area contributed by atoms with Gasteiger partial charge in [-0.05, 0) is 24.0 Å². The molecule has 2 aromatic carbocycles. The molecule has 120 valence electrons. The molecular formula is C18H20N2O3. The van der Waals surface area contributed by atoms with Crippen molar-refractivity contribution in [2.24, 2.45) is 5.92 Å². The molecule has 0 aliphatic carbocycles. The van der Waals surface area contributed by atoms with E-state index in [0.29, 0.717) is 5.92 Å². The summed E-state index contributed by atoms with van der Waals surface area (Å²) in [5.74, 6) is -0.0435. The van der Waals surface area contributed by atoms with Gasteiger partial charge in [-0.3, -0.25) is 14.9 Å². The van der Waals surface area contributed by atoms with Gasteiger partial charge in [0.2, 0.25) is 0 Å². The van der Waals surface area contributed by atoms with Crippen LogP contribution in [0.15, 0.2) is 54.6 Å². The van der Waals surface area contributed by atoms with Gasteiger partial charge in [0.1, 0.15) is 5.56 Å². The molecular weight excluding hydrogens is 292 g/mol. The molecule has 0 unspecified atom stereocenters. The van der Waals surface area contributed by atoms with Crippen molar-refractivity contribution in [3.05, 3.63) is 75.8 Å². The molecule has 5 nitrogen and oxygen atoms in total. The average molecular weight is 312 g/mol. The summed E-state index contributed by atoms with van der Waals surface area (Å²) in [4.78, 5) is 23.1. The highest BCUT2D eigenvalue weighted by Crippen LogP contribution is 2.23. The number of nitrogens with one attached hydrogen (secondary N) is 1. The number of amides is 1. The molecule has 0 heterocycles. The third-order valence-corrected chi connectivity index (χ3v) is 3.56. The number of nitro groups is 1. The van der Waals surface area contributed by atoms with Crippen LogP contribution >= 0.6 is 0 Å². The third kappa shape index (κ3) is 4.39. The zero-order valence-corrected chi connectivity index (χ0v) is 13.2. The normalized spacial score (nSPS) is 12.0. The number of carbonyl (C=O) groups is 1. The van der Waals surface area contributed by atoms with E-state index in [1.807, 2.05) is 30.3 Å². The summed E-state index contributed by atoms with van der Waals surface area (Å²) < 4.78 is 0. The van der Waals surface area contributed by atoms with Crippen molar-refractivity contribution in [1.82, 2.24) is 5.32 Å². The zero-order valence-electron chi connectivity index (χ0n) is 13.2. The van der Waals surface area contributed by atoms with E-state index in [1.54, 1.807) is 12.1 Å². The first-order valence-electron chi connectivity index (χ1n) is 7.58. The number of hydrogen-bond acceptors (Lipinski definition) is 3. The monoisotopic (exact) mass is 312 g/mol. The van der Waals surface area contributed by atoms with Crippen LogP contribution in [0.3, 0.4) is 0 Å². The maximum Gasteiger partial charge on any atom is 0.282 e. The summed E-state index contributed by atoms with van der Waals surface area (Å²) in [7, 11) is 0. The van der Waals surface area contributed by atoms with E-state index in [9.17, 15) is 14.9 Å². The fourth-order valence-corrected chi connectivity index (χ4v) is 2.50. The predicted octanol–water partition coefficient (Wildman–Crippen LogP) is 4.11. The van der Waals surface area contributed by atoms with Crippen LogP contribution in [0.25, 0.3) is 0 Å². The van der Waals surface area contributed by atoms with Crippen LogP contribution in [0.4, 0.5) is 5.69 Å². The molecule has 1 atom stereocenters. The first kappa shape index (κ1) is 16.7. The first-order chi connectivity index (χ1) is 11.0. The molecule has 0 saturated carbocycles. The lowest BCUT2D eigenvalue weighted by molar-refractivity contribution is -0.385. The minimum absolute atomic E-state index is 0.0854. The lowest BCUT2D eigenvalue weighted by atomic mass is 9.96. The Bertz CT molecular complexity index is 684. The highest BCUT2D eigenvalue weighted by Gasteiger charge is 2.22. The number of nitrogens with zero attached hydrogens (tertiary/aromatic N) is 1. The average Bonchev–Trinajstić information content (AvgIpc) is 2.54. The summed E-state index contributed by atoms with van der Waals surface area (Å²) >= 11 is 0. The fourth-order valence-electron chi connectivity index (χ4n) is 2.50. The smallest absolute Gasteiger partial charge is 0.282 e. The molecule has 5 heteroatoms.